The molecule has 0 saturated heterocycles. The summed E-state index contributed by atoms with van der Waals surface area (Å²) >= 11 is 7.29. The molecule has 3 rings (SSSR count). The Morgan fingerprint density at radius 1 is 1.24 bits per heavy atom. The van der Waals surface area contributed by atoms with Crippen LogP contribution >= 0.6 is 23.4 Å². The van der Waals surface area contributed by atoms with Crippen LogP contribution in [0.3, 0.4) is 0 Å². The van der Waals surface area contributed by atoms with Gasteiger partial charge in [-0.2, -0.15) is 0 Å². The fourth-order valence-corrected chi connectivity index (χ4v) is 3.02. The Morgan fingerprint density at radius 3 is 2.86 bits per heavy atom. The number of thioether (sulfide) groups is 1. The molecule has 1 aliphatic rings. The van der Waals surface area contributed by atoms with Crippen molar-refractivity contribution in [3.8, 4) is 5.75 Å². The summed E-state index contributed by atoms with van der Waals surface area (Å²) in [6, 6.07) is 12.1. The van der Waals surface area contributed by atoms with E-state index in [1.54, 1.807) is 48.7 Å². The number of amides is 1. The predicted molar refractivity (Wildman–Crippen MR) is 85.8 cm³/mol. The molecule has 0 radical (unpaired) electrons. The van der Waals surface area contributed by atoms with E-state index in [1.807, 2.05) is 0 Å². The predicted octanol–water partition coefficient (Wildman–Crippen LogP) is 4.04. The highest BCUT2D eigenvalue weighted by Gasteiger charge is 2.21. The third kappa shape index (κ3) is 2.99. The highest BCUT2D eigenvalue weighted by molar-refractivity contribution is 8.04. The summed E-state index contributed by atoms with van der Waals surface area (Å²) in [5, 5.41) is 16.0. The van der Waals surface area contributed by atoms with Gasteiger partial charge in [0.15, 0.2) is 0 Å². The molecule has 0 fully saturated rings. The summed E-state index contributed by atoms with van der Waals surface area (Å²) in [6.07, 6.45) is 1.57. The lowest BCUT2D eigenvalue weighted by atomic mass is 10.3. The Kier molecular flexibility index (Phi) is 3.77. The van der Waals surface area contributed by atoms with Gasteiger partial charge in [-0.1, -0.05) is 35.5 Å². The molecule has 0 aromatic heterocycles. The van der Waals surface area contributed by atoms with Gasteiger partial charge in [-0.3, -0.25) is 4.79 Å². The van der Waals surface area contributed by atoms with E-state index in [1.165, 1.54) is 11.8 Å². The van der Waals surface area contributed by atoms with Gasteiger partial charge in [0, 0.05) is 16.1 Å². The summed E-state index contributed by atoms with van der Waals surface area (Å²) in [7, 11) is 0. The molecule has 6 heteroatoms. The van der Waals surface area contributed by atoms with Gasteiger partial charge in [0.05, 0.1) is 16.3 Å². The number of aromatic hydroxyl groups is 1. The molecule has 1 amide bonds. The Labute approximate surface area is 130 Å². The van der Waals surface area contributed by atoms with E-state index < -0.39 is 0 Å². The summed E-state index contributed by atoms with van der Waals surface area (Å²) < 4.78 is 0. The molecule has 0 spiro atoms. The Hall–Kier alpha value is -2.11. The van der Waals surface area contributed by atoms with Gasteiger partial charge < -0.3 is 15.7 Å². The number of halogens is 1. The molecule has 0 saturated carbocycles. The van der Waals surface area contributed by atoms with Crippen LogP contribution < -0.4 is 10.6 Å². The first-order chi connectivity index (χ1) is 10.1. The number of benzene rings is 2. The van der Waals surface area contributed by atoms with Gasteiger partial charge in [0.25, 0.3) is 5.91 Å². The van der Waals surface area contributed by atoms with Crippen molar-refractivity contribution >= 4 is 40.6 Å². The topological polar surface area (TPSA) is 61.4 Å². The maximum Gasteiger partial charge on any atom is 0.263 e. The Bertz CT molecular complexity index is 746. The number of carbonyl (C=O) groups excluding carboxylic acids is 1. The van der Waals surface area contributed by atoms with Crippen LogP contribution in [-0.4, -0.2) is 11.0 Å². The second-order valence-corrected chi connectivity index (χ2v) is 5.89. The van der Waals surface area contributed by atoms with Gasteiger partial charge in [0.2, 0.25) is 0 Å². The molecule has 4 nitrogen and oxygen atoms in total. The number of anilines is 2. The molecular formula is C15H11ClN2O2S. The summed E-state index contributed by atoms with van der Waals surface area (Å²) in [5.41, 5.74) is 1.28. The zero-order chi connectivity index (χ0) is 14.8. The van der Waals surface area contributed by atoms with Crippen molar-refractivity contribution in [2.24, 2.45) is 0 Å². The number of para-hydroxylation sites is 2. The molecular weight excluding hydrogens is 308 g/mol. The quantitative estimate of drug-likeness (QED) is 0.577. The van der Waals surface area contributed by atoms with Crippen LogP contribution in [0.2, 0.25) is 5.02 Å². The molecule has 21 heavy (non-hydrogen) atoms. The van der Waals surface area contributed by atoms with Gasteiger partial charge in [-0.15, -0.1) is 0 Å². The van der Waals surface area contributed by atoms with Crippen LogP contribution in [0, 0.1) is 0 Å². The number of phenols is 1. The van der Waals surface area contributed by atoms with Gasteiger partial charge >= 0.3 is 0 Å². The summed E-state index contributed by atoms with van der Waals surface area (Å²) in [6.45, 7) is 0. The van der Waals surface area contributed by atoms with E-state index in [-0.39, 0.29) is 11.7 Å². The largest absolute Gasteiger partial charge is 0.506 e. The fourth-order valence-electron chi connectivity index (χ4n) is 1.87. The Balaban J connectivity index is 1.85. The monoisotopic (exact) mass is 318 g/mol. The van der Waals surface area contributed by atoms with E-state index in [9.17, 15) is 9.90 Å². The van der Waals surface area contributed by atoms with Crippen molar-refractivity contribution in [2.75, 3.05) is 10.6 Å². The number of fused-ring (bicyclic) bond motifs is 1. The Morgan fingerprint density at radius 2 is 2.05 bits per heavy atom. The molecule has 106 valence electrons. The van der Waals surface area contributed by atoms with Crippen molar-refractivity contribution in [2.45, 2.75) is 4.90 Å². The SMILES string of the molecule is O=C1Nc2ccc(Cl)cc2SC1=CNc1ccccc1O. The van der Waals surface area contributed by atoms with Gasteiger partial charge in [0.1, 0.15) is 5.75 Å². The standard InChI is InChI=1S/C15H11ClN2O2S/c16-9-5-6-11-13(7-9)21-14(15(20)18-11)8-17-10-3-1-2-4-12(10)19/h1-8,17,19H,(H,18,20). The van der Waals surface area contributed by atoms with Crippen LogP contribution in [-0.2, 0) is 4.79 Å². The van der Waals surface area contributed by atoms with Crippen molar-refractivity contribution in [1.29, 1.82) is 0 Å². The first-order valence-corrected chi connectivity index (χ1v) is 7.36. The number of hydrogen-bond donors (Lipinski definition) is 3. The molecule has 1 heterocycles. The molecule has 1 aliphatic heterocycles. The molecule has 2 aromatic rings. The number of rotatable bonds is 2. The van der Waals surface area contributed by atoms with Crippen LogP contribution in [0.15, 0.2) is 58.5 Å². The summed E-state index contributed by atoms with van der Waals surface area (Å²) in [4.78, 5) is 13.4. The minimum Gasteiger partial charge on any atom is -0.506 e. The first kappa shape index (κ1) is 13.9. The molecule has 3 N–H and O–H groups in total. The minimum atomic E-state index is -0.197. The van der Waals surface area contributed by atoms with Crippen LogP contribution in [0.1, 0.15) is 0 Å². The van der Waals surface area contributed by atoms with E-state index >= 15 is 0 Å². The zero-order valence-electron chi connectivity index (χ0n) is 10.8. The summed E-state index contributed by atoms with van der Waals surface area (Å²) in [5.74, 6) is -0.0724. The van der Waals surface area contributed by atoms with Crippen LogP contribution in [0.25, 0.3) is 0 Å². The van der Waals surface area contributed by atoms with Crippen LogP contribution in [0.4, 0.5) is 11.4 Å². The van der Waals surface area contributed by atoms with E-state index in [2.05, 4.69) is 10.6 Å². The molecule has 0 bridgehead atoms. The average molecular weight is 319 g/mol. The van der Waals surface area contributed by atoms with E-state index in [0.29, 0.717) is 15.6 Å². The van der Waals surface area contributed by atoms with Crippen molar-refractivity contribution in [1.82, 2.24) is 0 Å². The minimum absolute atomic E-state index is 0.124. The maximum atomic E-state index is 12.0. The fraction of sp³-hybridized carbons (Fsp3) is 0. The second kappa shape index (κ2) is 5.71. The third-order valence-corrected chi connectivity index (χ3v) is 4.21. The maximum absolute atomic E-state index is 12.0. The average Bonchev–Trinajstić information content (AvgIpc) is 2.47. The van der Waals surface area contributed by atoms with E-state index in [4.69, 9.17) is 11.6 Å². The molecule has 0 aliphatic carbocycles. The lowest BCUT2D eigenvalue weighted by Crippen LogP contribution is -2.18. The highest BCUT2D eigenvalue weighted by atomic mass is 35.5. The lowest BCUT2D eigenvalue weighted by molar-refractivity contribution is -0.112. The molecule has 2 aromatic carbocycles. The van der Waals surface area contributed by atoms with Crippen molar-refractivity contribution < 1.29 is 9.90 Å². The molecule has 0 atom stereocenters. The zero-order valence-corrected chi connectivity index (χ0v) is 12.3. The van der Waals surface area contributed by atoms with Crippen molar-refractivity contribution in [3.63, 3.8) is 0 Å². The normalized spacial score (nSPS) is 15.5. The highest BCUT2D eigenvalue weighted by Crippen LogP contribution is 2.39. The van der Waals surface area contributed by atoms with E-state index in [0.717, 1.165) is 10.6 Å². The van der Waals surface area contributed by atoms with Gasteiger partial charge in [-0.25, -0.2) is 0 Å². The molecule has 0 unspecified atom stereocenters. The first-order valence-electron chi connectivity index (χ1n) is 6.17. The second-order valence-electron chi connectivity index (χ2n) is 4.37. The van der Waals surface area contributed by atoms with Gasteiger partial charge in [-0.05, 0) is 30.3 Å². The number of nitrogens with one attached hydrogen (secondary N) is 2. The lowest BCUT2D eigenvalue weighted by Gasteiger charge is -2.18. The smallest absolute Gasteiger partial charge is 0.263 e. The number of phenolic OH excluding ortho intramolecular Hbond substituents is 1. The van der Waals surface area contributed by atoms with Crippen LogP contribution in [0.5, 0.6) is 5.75 Å². The number of carbonyl (C=O) groups is 1. The van der Waals surface area contributed by atoms with Crippen molar-refractivity contribution in [3.05, 3.63) is 58.6 Å². The number of hydrogen-bond acceptors (Lipinski definition) is 4. The third-order valence-electron chi connectivity index (χ3n) is 2.90.